The van der Waals surface area contributed by atoms with E-state index in [0.29, 0.717) is 0 Å². The fourth-order valence-corrected chi connectivity index (χ4v) is 4.26. The van der Waals surface area contributed by atoms with Gasteiger partial charge in [0, 0.05) is 18.6 Å². The fraction of sp³-hybridized carbons (Fsp3) is 0.600. The van der Waals surface area contributed by atoms with E-state index >= 15 is 0 Å². The summed E-state index contributed by atoms with van der Waals surface area (Å²) in [5, 5.41) is 0. The highest BCUT2D eigenvalue weighted by Crippen LogP contribution is 2.39. The van der Waals surface area contributed by atoms with Crippen LogP contribution in [0.15, 0.2) is 18.2 Å². The van der Waals surface area contributed by atoms with Crippen LogP contribution in [0.25, 0.3) is 0 Å². The molecule has 0 radical (unpaired) electrons. The summed E-state index contributed by atoms with van der Waals surface area (Å²) in [5.74, 6) is 3.14. The highest BCUT2D eigenvalue weighted by molar-refractivity contribution is 7.99. The number of ether oxygens (including phenoxy) is 2. The third kappa shape index (κ3) is 2.70. The van der Waals surface area contributed by atoms with Gasteiger partial charge in [0.15, 0.2) is 0 Å². The first kappa shape index (κ1) is 13.1. The molecule has 2 saturated heterocycles. The number of aryl methyl sites for hydroxylation is 1. The van der Waals surface area contributed by atoms with Gasteiger partial charge in [-0.05, 0) is 30.7 Å². The molecule has 0 aromatic heterocycles. The molecule has 19 heavy (non-hydrogen) atoms. The lowest BCUT2D eigenvalue weighted by Crippen LogP contribution is -2.43. The molecule has 0 saturated carbocycles. The van der Waals surface area contributed by atoms with Crippen LogP contribution in [-0.4, -0.2) is 29.8 Å². The molecule has 3 nitrogen and oxygen atoms in total. The lowest BCUT2D eigenvalue weighted by molar-refractivity contribution is -0.0957. The molecular weight excluding hydrogens is 258 g/mol. The normalized spacial score (nSPS) is 30.7. The van der Waals surface area contributed by atoms with Crippen molar-refractivity contribution in [2.75, 3.05) is 23.8 Å². The van der Waals surface area contributed by atoms with Gasteiger partial charge in [0.1, 0.15) is 11.9 Å². The maximum absolute atomic E-state index is 6.14. The van der Waals surface area contributed by atoms with Gasteiger partial charge < -0.3 is 15.2 Å². The van der Waals surface area contributed by atoms with E-state index < -0.39 is 0 Å². The van der Waals surface area contributed by atoms with Crippen molar-refractivity contribution >= 4 is 17.4 Å². The third-order valence-electron chi connectivity index (χ3n) is 4.09. The van der Waals surface area contributed by atoms with E-state index in [2.05, 4.69) is 0 Å². The predicted molar refractivity (Wildman–Crippen MR) is 79.9 cm³/mol. The Morgan fingerprint density at radius 1 is 1.47 bits per heavy atom. The van der Waals surface area contributed by atoms with Crippen molar-refractivity contribution in [1.29, 1.82) is 0 Å². The standard InChI is InChI=1S/C15H21NO2S/c1-11-3-2-4-13(14(11)16)18-12-5-7-17-15(9-12)6-8-19-10-15/h2-4,12H,5-10,16H2,1H3. The summed E-state index contributed by atoms with van der Waals surface area (Å²) in [6, 6.07) is 5.98. The molecular formula is C15H21NO2S. The molecule has 1 aromatic rings. The van der Waals surface area contributed by atoms with Crippen LogP contribution in [0.5, 0.6) is 5.75 Å². The maximum atomic E-state index is 6.14. The average Bonchev–Trinajstić information content (AvgIpc) is 2.83. The molecule has 3 rings (SSSR count). The van der Waals surface area contributed by atoms with Crippen molar-refractivity contribution in [3.05, 3.63) is 23.8 Å². The quantitative estimate of drug-likeness (QED) is 0.845. The van der Waals surface area contributed by atoms with Crippen LogP contribution in [0.3, 0.4) is 0 Å². The number of benzene rings is 1. The summed E-state index contributed by atoms with van der Waals surface area (Å²) in [7, 11) is 0. The van der Waals surface area contributed by atoms with E-state index in [1.54, 1.807) is 0 Å². The second-order valence-electron chi connectivity index (χ2n) is 5.55. The minimum Gasteiger partial charge on any atom is -0.488 e. The zero-order valence-electron chi connectivity index (χ0n) is 11.4. The van der Waals surface area contributed by atoms with E-state index in [0.717, 1.165) is 48.6 Å². The minimum absolute atomic E-state index is 0.0617. The summed E-state index contributed by atoms with van der Waals surface area (Å²) in [5.41, 5.74) is 7.99. The van der Waals surface area contributed by atoms with E-state index in [9.17, 15) is 0 Å². The molecule has 0 amide bonds. The second-order valence-corrected chi connectivity index (χ2v) is 6.66. The summed E-state index contributed by atoms with van der Waals surface area (Å²) in [4.78, 5) is 0. The highest BCUT2D eigenvalue weighted by atomic mass is 32.2. The molecule has 0 bridgehead atoms. The van der Waals surface area contributed by atoms with Crippen LogP contribution in [0.4, 0.5) is 5.69 Å². The summed E-state index contributed by atoms with van der Waals surface area (Å²) < 4.78 is 12.2. The van der Waals surface area contributed by atoms with Crippen molar-refractivity contribution in [3.63, 3.8) is 0 Å². The molecule has 2 heterocycles. The number of rotatable bonds is 2. The number of hydrogen-bond acceptors (Lipinski definition) is 4. The van der Waals surface area contributed by atoms with Gasteiger partial charge in [-0.2, -0.15) is 11.8 Å². The predicted octanol–water partition coefficient (Wildman–Crippen LogP) is 3.01. The van der Waals surface area contributed by atoms with Gasteiger partial charge >= 0.3 is 0 Å². The van der Waals surface area contributed by atoms with Gasteiger partial charge in [0.2, 0.25) is 0 Å². The van der Waals surface area contributed by atoms with Crippen molar-refractivity contribution in [3.8, 4) is 5.75 Å². The Bertz CT molecular complexity index is 457. The number of nitrogen functional groups attached to an aromatic ring is 1. The van der Waals surface area contributed by atoms with Crippen molar-refractivity contribution in [2.45, 2.75) is 37.9 Å². The molecule has 1 spiro atoms. The molecule has 104 valence electrons. The van der Waals surface area contributed by atoms with Crippen LogP contribution in [0.1, 0.15) is 24.8 Å². The summed E-state index contributed by atoms with van der Waals surface area (Å²) >= 11 is 1.99. The Hall–Kier alpha value is -0.870. The first-order valence-corrected chi connectivity index (χ1v) is 8.07. The summed E-state index contributed by atoms with van der Waals surface area (Å²) in [6.07, 6.45) is 3.34. The average molecular weight is 279 g/mol. The van der Waals surface area contributed by atoms with E-state index in [-0.39, 0.29) is 11.7 Å². The minimum atomic E-state index is 0.0617. The Balaban J connectivity index is 1.71. The van der Waals surface area contributed by atoms with Crippen LogP contribution >= 0.6 is 11.8 Å². The smallest absolute Gasteiger partial charge is 0.142 e. The lowest BCUT2D eigenvalue weighted by Gasteiger charge is -2.37. The van der Waals surface area contributed by atoms with Gasteiger partial charge in [-0.25, -0.2) is 0 Å². The van der Waals surface area contributed by atoms with Crippen LogP contribution in [-0.2, 0) is 4.74 Å². The van der Waals surface area contributed by atoms with Crippen LogP contribution in [0, 0.1) is 6.92 Å². The van der Waals surface area contributed by atoms with E-state index in [4.69, 9.17) is 15.2 Å². The summed E-state index contributed by atoms with van der Waals surface area (Å²) in [6.45, 7) is 2.82. The van der Waals surface area contributed by atoms with Gasteiger partial charge in [-0.15, -0.1) is 0 Å². The largest absolute Gasteiger partial charge is 0.488 e. The van der Waals surface area contributed by atoms with Crippen LogP contribution < -0.4 is 10.5 Å². The lowest BCUT2D eigenvalue weighted by atomic mass is 9.91. The molecule has 4 heteroatoms. The fourth-order valence-electron chi connectivity index (χ4n) is 2.88. The van der Waals surface area contributed by atoms with E-state index in [1.165, 1.54) is 5.75 Å². The van der Waals surface area contributed by atoms with Gasteiger partial charge in [0.25, 0.3) is 0 Å². The molecule has 2 unspecified atom stereocenters. The SMILES string of the molecule is Cc1cccc(OC2CCOC3(CCSC3)C2)c1N. The van der Waals surface area contributed by atoms with Gasteiger partial charge in [-0.1, -0.05) is 12.1 Å². The molecule has 1 aromatic carbocycles. The molecule has 0 aliphatic carbocycles. The third-order valence-corrected chi connectivity index (χ3v) is 5.32. The Kier molecular flexibility index (Phi) is 3.63. The number of para-hydroxylation sites is 1. The molecule has 2 N–H and O–H groups in total. The first-order valence-electron chi connectivity index (χ1n) is 6.92. The van der Waals surface area contributed by atoms with Crippen molar-refractivity contribution in [2.24, 2.45) is 0 Å². The molecule has 2 fully saturated rings. The van der Waals surface area contributed by atoms with Crippen LogP contribution in [0.2, 0.25) is 0 Å². The van der Waals surface area contributed by atoms with Crippen molar-refractivity contribution in [1.82, 2.24) is 0 Å². The van der Waals surface area contributed by atoms with Gasteiger partial charge in [-0.3, -0.25) is 0 Å². The number of thioether (sulfide) groups is 1. The second kappa shape index (κ2) is 5.25. The highest BCUT2D eigenvalue weighted by Gasteiger charge is 2.41. The Morgan fingerprint density at radius 2 is 2.37 bits per heavy atom. The van der Waals surface area contributed by atoms with Gasteiger partial charge in [0.05, 0.1) is 17.9 Å². The first-order chi connectivity index (χ1) is 9.19. The van der Waals surface area contributed by atoms with E-state index in [1.807, 2.05) is 36.9 Å². The monoisotopic (exact) mass is 279 g/mol. The Labute approximate surface area is 118 Å². The molecule has 2 aliphatic rings. The maximum Gasteiger partial charge on any atom is 0.142 e. The number of anilines is 1. The molecule has 2 aliphatic heterocycles. The zero-order valence-corrected chi connectivity index (χ0v) is 12.2. The zero-order chi connectivity index (χ0) is 13.3. The number of nitrogens with two attached hydrogens (primary N) is 1. The van der Waals surface area contributed by atoms with Crippen molar-refractivity contribution < 1.29 is 9.47 Å². The number of hydrogen-bond donors (Lipinski definition) is 1. The topological polar surface area (TPSA) is 44.5 Å². The molecule has 2 atom stereocenters. The Morgan fingerprint density at radius 3 is 3.16 bits per heavy atom.